The Hall–Kier alpha value is -2.21. The summed E-state index contributed by atoms with van der Waals surface area (Å²) in [6, 6.07) is 10.4. The summed E-state index contributed by atoms with van der Waals surface area (Å²) in [6.07, 6.45) is 4.01. The molecule has 6 nitrogen and oxygen atoms in total. The van der Waals surface area contributed by atoms with E-state index in [0.29, 0.717) is 37.4 Å². The zero-order valence-electron chi connectivity index (χ0n) is 15.1. The number of aromatic nitrogens is 2. The summed E-state index contributed by atoms with van der Waals surface area (Å²) < 4.78 is 10.7. The summed E-state index contributed by atoms with van der Waals surface area (Å²) in [5, 5.41) is 4.01. The molecule has 1 saturated carbocycles. The fourth-order valence-electron chi connectivity index (χ4n) is 4.17. The molecule has 2 aliphatic rings. The van der Waals surface area contributed by atoms with Crippen molar-refractivity contribution >= 4 is 5.91 Å². The van der Waals surface area contributed by atoms with Crippen molar-refractivity contribution in [3.63, 3.8) is 0 Å². The number of carbonyl (C=O) groups is 1. The minimum absolute atomic E-state index is 0.0866. The number of carbonyl (C=O) groups excluding carboxylic acids is 1. The maximum atomic E-state index is 13.2. The van der Waals surface area contributed by atoms with Crippen LogP contribution in [0.2, 0.25) is 0 Å². The number of benzene rings is 1. The normalized spacial score (nSPS) is 26.7. The Morgan fingerprint density at radius 3 is 2.62 bits per heavy atom. The molecule has 1 aliphatic heterocycles. The molecule has 1 saturated heterocycles. The van der Waals surface area contributed by atoms with Gasteiger partial charge in [-0.1, -0.05) is 35.5 Å². The molecule has 2 aromatic rings. The lowest BCUT2D eigenvalue weighted by atomic mass is 9.78. The smallest absolute Gasteiger partial charge is 0.226 e. The number of ether oxygens (including phenoxy) is 1. The first-order chi connectivity index (χ1) is 12.7. The summed E-state index contributed by atoms with van der Waals surface area (Å²) in [5.74, 6) is 1.94. The predicted molar refractivity (Wildman–Crippen MR) is 95.4 cm³/mol. The molecule has 6 heteroatoms. The Labute approximate surface area is 153 Å². The van der Waals surface area contributed by atoms with E-state index in [1.165, 1.54) is 5.56 Å². The van der Waals surface area contributed by atoms with Gasteiger partial charge in [-0.15, -0.1) is 0 Å². The molecule has 2 heterocycles. The second kappa shape index (κ2) is 7.58. The summed E-state index contributed by atoms with van der Waals surface area (Å²) >= 11 is 0. The lowest BCUT2D eigenvalue weighted by Crippen LogP contribution is -2.46. The van der Waals surface area contributed by atoms with E-state index >= 15 is 0 Å². The highest BCUT2D eigenvalue weighted by molar-refractivity contribution is 5.79. The van der Waals surface area contributed by atoms with Gasteiger partial charge >= 0.3 is 0 Å². The lowest BCUT2D eigenvalue weighted by Gasteiger charge is -2.38. The molecule has 1 unspecified atom stereocenters. The SMILES string of the molecule is Cc1nc(C2COCCN2C(=O)C2CCC(c3ccccc3)CC2)no1. The molecule has 1 aliphatic carbocycles. The van der Waals surface area contributed by atoms with Crippen molar-refractivity contribution in [2.24, 2.45) is 5.92 Å². The van der Waals surface area contributed by atoms with E-state index in [1.54, 1.807) is 6.92 Å². The Balaban J connectivity index is 1.42. The molecule has 4 rings (SSSR count). The van der Waals surface area contributed by atoms with Gasteiger partial charge in [0.25, 0.3) is 0 Å². The van der Waals surface area contributed by atoms with Crippen molar-refractivity contribution in [2.75, 3.05) is 19.8 Å². The lowest BCUT2D eigenvalue weighted by molar-refractivity contribution is -0.146. The van der Waals surface area contributed by atoms with Gasteiger partial charge in [-0.05, 0) is 37.2 Å². The maximum absolute atomic E-state index is 13.2. The highest BCUT2D eigenvalue weighted by Gasteiger charge is 2.37. The first kappa shape index (κ1) is 17.2. The van der Waals surface area contributed by atoms with E-state index in [9.17, 15) is 4.79 Å². The summed E-state index contributed by atoms with van der Waals surface area (Å²) in [7, 11) is 0. The molecule has 1 aromatic carbocycles. The number of amides is 1. The molecular formula is C20H25N3O3. The number of aryl methyl sites for hydroxylation is 1. The zero-order chi connectivity index (χ0) is 17.9. The fraction of sp³-hybridized carbons (Fsp3) is 0.550. The van der Waals surface area contributed by atoms with Crippen LogP contribution in [-0.4, -0.2) is 40.7 Å². The molecule has 0 radical (unpaired) electrons. The Morgan fingerprint density at radius 1 is 1.15 bits per heavy atom. The molecule has 1 aromatic heterocycles. The van der Waals surface area contributed by atoms with Crippen molar-refractivity contribution in [1.29, 1.82) is 0 Å². The third kappa shape index (κ3) is 3.51. The fourth-order valence-corrected chi connectivity index (χ4v) is 4.17. The average molecular weight is 355 g/mol. The Kier molecular flexibility index (Phi) is 5.02. The van der Waals surface area contributed by atoms with Gasteiger partial charge in [-0.3, -0.25) is 4.79 Å². The molecule has 0 N–H and O–H groups in total. The first-order valence-corrected chi connectivity index (χ1v) is 9.45. The second-order valence-electron chi connectivity index (χ2n) is 7.25. The van der Waals surface area contributed by atoms with Crippen LogP contribution < -0.4 is 0 Å². The Morgan fingerprint density at radius 2 is 1.92 bits per heavy atom. The van der Waals surface area contributed by atoms with Crippen LogP contribution in [0.3, 0.4) is 0 Å². The molecule has 1 atom stereocenters. The van der Waals surface area contributed by atoms with Crippen molar-refractivity contribution in [3.8, 4) is 0 Å². The van der Waals surface area contributed by atoms with Gasteiger partial charge in [0.15, 0.2) is 5.82 Å². The molecule has 2 fully saturated rings. The number of hydrogen-bond acceptors (Lipinski definition) is 5. The minimum atomic E-state index is -0.236. The van der Waals surface area contributed by atoms with Crippen LogP contribution in [0.15, 0.2) is 34.9 Å². The van der Waals surface area contributed by atoms with E-state index < -0.39 is 0 Å². The van der Waals surface area contributed by atoms with E-state index in [-0.39, 0.29) is 17.9 Å². The van der Waals surface area contributed by atoms with Crippen LogP contribution in [0.25, 0.3) is 0 Å². The third-order valence-electron chi connectivity index (χ3n) is 5.60. The number of nitrogens with zero attached hydrogens (tertiary/aromatic N) is 3. The highest BCUT2D eigenvalue weighted by Crippen LogP contribution is 2.37. The van der Waals surface area contributed by atoms with E-state index in [2.05, 4.69) is 40.5 Å². The van der Waals surface area contributed by atoms with Crippen molar-refractivity contribution in [3.05, 3.63) is 47.6 Å². The van der Waals surface area contributed by atoms with Gasteiger partial charge in [0.2, 0.25) is 11.8 Å². The van der Waals surface area contributed by atoms with Crippen LogP contribution in [0.5, 0.6) is 0 Å². The Bertz CT molecular complexity index is 738. The van der Waals surface area contributed by atoms with Crippen LogP contribution in [-0.2, 0) is 9.53 Å². The quantitative estimate of drug-likeness (QED) is 0.845. The largest absolute Gasteiger partial charge is 0.377 e. The molecule has 26 heavy (non-hydrogen) atoms. The number of morpholine rings is 1. The monoisotopic (exact) mass is 355 g/mol. The number of rotatable bonds is 3. The first-order valence-electron chi connectivity index (χ1n) is 9.45. The van der Waals surface area contributed by atoms with Crippen molar-refractivity contribution < 1.29 is 14.1 Å². The summed E-state index contributed by atoms with van der Waals surface area (Å²) in [6.45, 7) is 3.36. The van der Waals surface area contributed by atoms with Crippen LogP contribution in [0.4, 0.5) is 0 Å². The minimum Gasteiger partial charge on any atom is -0.377 e. The van der Waals surface area contributed by atoms with Gasteiger partial charge in [0.05, 0.1) is 13.2 Å². The van der Waals surface area contributed by atoms with Gasteiger partial charge in [-0.2, -0.15) is 4.98 Å². The van der Waals surface area contributed by atoms with Crippen molar-refractivity contribution in [2.45, 2.75) is 44.6 Å². The third-order valence-corrected chi connectivity index (χ3v) is 5.60. The summed E-state index contributed by atoms with van der Waals surface area (Å²) in [5.41, 5.74) is 1.39. The van der Waals surface area contributed by atoms with E-state index in [4.69, 9.17) is 9.26 Å². The second-order valence-corrected chi connectivity index (χ2v) is 7.25. The van der Waals surface area contributed by atoms with Crippen LogP contribution in [0.1, 0.15) is 54.9 Å². The predicted octanol–water partition coefficient (Wildman–Crippen LogP) is 3.25. The number of hydrogen-bond donors (Lipinski definition) is 0. The zero-order valence-corrected chi connectivity index (χ0v) is 15.1. The van der Waals surface area contributed by atoms with E-state index in [0.717, 1.165) is 25.7 Å². The summed E-state index contributed by atoms with van der Waals surface area (Å²) in [4.78, 5) is 19.4. The van der Waals surface area contributed by atoms with Gasteiger partial charge in [0.1, 0.15) is 6.04 Å². The molecule has 1 amide bonds. The van der Waals surface area contributed by atoms with Gasteiger partial charge in [-0.25, -0.2) is 0 Å². The maximum Gasteiger partial charge on any atom is 0.226 e. The average Bonchev–Trinajstić information content (AvgIpc) is 3.14. The van der Waals surface area contributed by atoms with Crippen molar-refractivity contribution in [1.82, 2.24) is 15.0 Å². The molecular weight excluding hydrogens is 330 g/mol. The van der Waals surface area contributed by atoms with Gasteiger partial charge < -0.3 is 14.2 Å². The molecule has 0 bridgehead atoms. The van der Waals surface area contributed by atoms with Gasteiger partial charge in [0, 0.05) is 19.4 Å². The molecule has 0 spiro atoms. The topological polar surface area (TPSA) is 68.5 Å². The van der Waals surface area contributed by atoms with Crippen LogP contribution >= 0.6 is 0 Å². The van der Waals surface area contributed by atoms with Crippen LogP contribution in [0, 0.1) is 12.8 Å². The highest BCUT2D eigenvalue weighted by atomic mass is 16.5. The van der Waals surface area contributed by atoms with E-state index in [1.807, 2.05) is 4.90 Å². The molecule has 138 valence electrons. The standard InChI is InChI=1S/C20H25N3O3/c1-14-21-19(22-26-14)18-13-25-12-11-23(18)20(24)17-9-7-16(8-10-17)15-5-3-2-4-6-15/h2-6,16-18H,7-13H2,1H3.